The van der Waals surface area contributed by atoms with Crippen molar-refractivity contribution in [1.82, 2.24) is 14.8 Å². The fraction of sp³-hybridized carbons (Fsp3) is 0.105. The molecule has 4 rings (SSSR count). The number of carbonyl (C=O) groups excluding carboxylic acids is 1. The Morgan fingerprint density at radius 3 is 2.74 bits per heavy atom. The summed E-state index contributed by atoms with van der Waals surface area (Å²) in [5.41, 5.74) is 8.01. The lowest BCUT2D eigenvalue weighted by molar-refractivity contribution is -0.115. The molecule has 2 heterocycles. The second-order valence-electron chi connectivity index (χ2n) is 6.24. The van der Waals surface area contributed by atoms with Gasteiger partial charge in [-0.1, -0.05) is 35.9 Å². The molecule has 8 heteroatoms. The summed E-state index contributed by atoms with van der Waals surface area (Å²) in [6.45, 7) is 1.76. The van der Waals surface area contributed by atoms with E-state index in [2.05, 4.69) is 15.4 Å². The maximum absolute atomic E-state index is 12.1. The predicted octanol–water partition coefficient (Wildman–Crippen LogP) is 3.08. The Morgan fingerprint density at radius 1 is 1.26 bits per heavy atom. The standard InChI is InChI=1S/C19H16ClN5O2/c1-10-15(17(21)27)16(11-4-3-7-14(26)9-11)25-19(22-10)23-18(24-25)12-5-2-6-13(20)8-12/h2-9,16,26H,1H3,(H2,21,27)(H,22,23,24)/t16-/m1/s1. The normalized spacial score (nSPS) is 16.0. The minimum atomic E-state index is -0.605. The number of hydrogen-bond acceptors (Lipinski definition) is 5. The Balaban J connectivity index is 1.90. The van der Waals surface area contributed by atoms with E-state index in [1.54, 1.807) is 48.0 Å². The molecule has 3 aromatic rings. The van der Waals surface area contributed by atoms with Crippen LogP contribution in [0.15, 0.2) is 59.8 Å². The Morgan fingerprint density at radius 2 is 2.04 bits per heavy atom. The number of rotatable bonds is 3. The Kier molecular flexibility index (Phi) is 4.08. The number of amides is 1. The number of phenolic OH excluding ortho intramolecular Hbond substituents is 1. The number of aromatic hydroxyl groups is 1. The average Bonchev–Trinajstić information content (AvgIpc) is 3.03. The molecule has 0 bridgehead atoms. The summed E-state index contributed by atoms with van der Waals surface area (Å²) in [6.07, 6.45) is 0. The lowest BCUT2D eigenvalue weighted by atomic mass is 9.95. The molecule has 0 spiro atoms. The van der Waals surface area contributed by atoms with Crippen molar-refractivity contribution >= 4 is 23.5 Å². The number of fused-ring (bicyclic) bond motifs is 1. The van der Waals surface area contributed by atoms with Crippen LogP contribution in [0.4, 0.5) is 5.95 Å². The topological polar surface area (TPSA) is 106 Å². The number of primary amides is 1. The molecule has 1 atom stereocenters. The number of anilines is 1. The maximum atomic E-state index is 12.1. The van der Waals surface area contributed by atoms with Gasteiger partial charge in [-0.15, -0.1) is 5.10 Å². The molecular weight excluding hydrogens is 366 g/mol. The van der Waals surface area contributed by atoms with E-state index in [1.807, 2.05) is 12.1 Å². The highest BCUT2D eigenvalue weighted by Crippen LogP contribution is 2.37. The lowest BCUT2D eigenvalue weighted by Crippen LogP contribution is -2.31. The monoisotopic (exact) mass is 381 g/mol. The second kappa shape index (κ2) is 6.44. The molecule has 27 heavy (non-hydrogen) atoms. The number of benzene rings is 2. The van der Waals surface area contributed by atoms with E-state index in [9.17, 15) is 9.90 Å². The van der Waals surface area contributed by atoms with Crippen molar-refractivity contribution in [3.8, 4) is 17.1 Å². The van der Waals surface area contributed by atoms with E-state index in [-0.39, 0.29) is 5.75 Å². The van der Waals surface area contributed by atoms with Crippen LogP contribution in [0.2, 0.25) is 5.02 Å². The van der Waals surface area contributed by atoms with Crippen LogP contribution in [-0.2, 0) is 4.79 Å². The zero-order chi connectivity index (χ0) is 19.1. The maximum Gasteiger partial charge on any atom is 0.248 e. The van der Waals surface area contributed by atoms with Crippen LogP contribution in [0.5, 0.6) is 5.75 Å². The predicted molar refractivity (Wildman–Crippen MR) is 102 cm³/mol. The molecule has 1 aliphatic rings. The highest BCUT2D eigenvalue weighted by Gasteiger charge is 2.33. The van der Waals surface area contributed by atoms with E-state index < -0.39 is 11.9 Å². The van der Waals surface area contributed by atoms with Gasteiger partial charge in [-0.2, -0.15) is 4.98 Å². The first-order valence-electron chi connectivity index (χ1n) is 8.23. The van der Waals surface area contributed by atoms with Crippen molar-refractivity contribution < 1.29 is 9.90 Å². The quantitative estimate of drug-likeness (QED) is 0.646. The summed E-state index contributed by atoms with van der Waals surface area (Å²) in [6, 6.07) is 13.2. The summed E-state index contributed by atoms with van der Waals surface area (Å²) in [5, 5.41) is 18.1. The third kappa shape index (κ3) is 3.02. The first-order valence-corrected chi connectivity index (χ1v) is 8.61. The molecule has 0 saturated heterocycles. The fourth-order valence-corrected chi connectivity index (χ4v) is 3.41. The zero-order valence-corrected chi connectivity index (χ0v) is 15.1. The number of carbonyl (C=O) groups is 1. The number of hydrogen-bond donors (Lipinski definition) is 3. The number of phenols is 1. The third-order valence-corrected chi connectivity index (χ3v) is 4.62. The summed E-state index contributed by atoms with van der Waals surface area (Å²) in [4.78, 5) is 16.7. The van der Waals surface area contributed by atoms with Crippen LogP contribution in [0, 0.1) is 0 Å². The molecule has 0 aliphatic carbocycles. The van der Waals surface area contributed by atoms with Crippen LogP contribution < -0.4 is 11.1 Å². The van der Waals surface area contributed by atoms with Gasteiger partial charge in [0.25, 0.3) is 0 Å². The SMILES string of the molecule is CC1=C(C(N)=O)[C@@H](c2cccc(O)c2)n2nc(-c3cccc(Cl)c3)nc2N1. The lowest BCUT2D eigenvalue weighted by Gasteiger charge is -2.27. The summed E-state index contributed by atoms with van der Waals surface area (Å²) < 4.78 is 1.60. The highest BCUT2D eigenvalue weighted by atomic mass is 35.5. The number of halogens is 1. The van der Waals surface area contributed by atoms with Crippen molar-refractivity contribution in [2.24, 2.45) is 5.73 Å². The van der Waals surface area contributed by atoms with E-state index in [0.717, 1.165) is 5.56 Å². The number of nitrogens with two attached hydrogens (primary N) is 1. The van der Waals surface area contributed by atoms with Gasteiger partial charge in [-0.3, -0.25) is 4.79 Å². The van der Waals surface area contributed by atoms with Crippen molar-refractivity contribution in [3.63, 3.8) is 0 Å². The van der Waals surface area contributed by atoms with Crippen LogP contribution in [0.3, 0.4) is 0 Å². The van der Waals surface area contributed by atoms with Gasteiger partial charge in [-0.25, -0.2) is 4.68 Å². The van der Waals surface area contributed by atoms with Gasteiger partial charge in [0.2, 0.25) is 11.9 Å². The molecule has 1 aromatic heterocycles. The number of allylic oxidation sites excluding steroid dienone is 1. The van der Waals surface area contributed by atoms with Crippen molar-refractivity contribution in [1.29, 1.82) is 0 Å². The van der Waals surface area contributed by atoms with Crippen LogP contribution in [0.1, 0.15) is 18.5 Å². The molecular formula is C19H16ClN5O2. The van der Waals surface area contributed by atoms with Gasteiger partial charge in [-0.05, 0) is 36.8 Å². The highest BCUT2D eigenvalue weighted by molar-refractivity contribution is 6.30. The van der Waals surface area contributed by atoms with Gasteiger partial charge in [0.1, 0.15) is 11.8 Å². The molecule has 0 saturated carbocycles. The number of nitrogens with zero attached hydrogens (tertiary/aromatic N) is 3. The van der Waals surface area contributed by atoms with Gasteiger partial charge in [0.15, 0.2) is 5.82 Å². The van der Waals surface area contributed by atoms with Crippen LogP contribution in [-0.4, -0.2) is 25.8 Å². The van der Waals surface area contributed by atoms with Crippen molar-refractivity contribution in [2.45, 2.75) is 13.0 Å². The fourth-order valence-electron chi connectivity index (χ4n) is 3.22. The smallest absolute Gasteiger partial charge is 0.248 e. The number of nitrogens with one attached hydrogen (secondary N) is 1. The zero-order valence-electron chi connectivity index (χ0n) is 14.3. The molecule has 4 N–H and O–H groups in total. The molecule has 0 fully saturated rings. The Hall–Kier alpha value is -3.32. The largest absolute Gasteiger partial charge is 0.508 e. The van der Waals surface area contributed by atoms with E-state index >= 15 is 0 Å². The molecule has 1 amide bonds. The van der Waals surface area contributed by atoms with Gasteiger partial charge in [0, 0.05) is 16.3 Å². The summed E-state index contributed by atoms with van der Waals surface area (Å²) in [5.74, 6) is 0.451. The molecule has 7 nitrogen and oxygen atoms in total. The van der Waals surface area contributed by atoms with E-state index in [4.69, 9.17) is 17.3 Å². The van der Waals surface area contributed by atoms with Crippen LogP contribution >= 0.6 is 11.6 Å². The average molecular weight is 382 g/mol. The summed E-state index contributed by atoms with van der Waals surface area (Å²) >= 11 is 6.08. The summed E-state index contributed by atoms with van der Waals surface area (Å²) in [7, 11) is 0. The van der Waals surface area contributed by atoms with E-state index in [0.29, 0.717) is 33.6 Å². The Labute approximate surface area is 160 Å². The molecule has 1 aliphatic heterocycles. The first-order chi connectivity index (χ1) is 12.9. The van der Waals surface area contributed by atoms with Gasteiger partial charge >= 0.3 is 0 Å². The van der Waals surface area contributed by atoms with Crippen molar-refractivity contribution in [3.05, 3.63) is 70.4 Å². The number of aromatic nitrogens is 3. The van der Waals surface area contributed by atoms with E-state index in [1.165, 1.54) is 0 Å². The first kappa shape index (κ1) is 17.1. The minimum absolute atomic E-state index is 0.0873. The van der Waals surface area contributed by atoms with Gasteiger partial charge < -0.3 is 16.2 Å². The molecule has 0 radical (unpaired) electrons. The third-order valence-electron chi connectivity index (χ3n) is 4.39. The Bertz CT molecular complexity index is 1090. The molecule has 136 valence electrons. The molecule has 0 unspecified atom stereocenters. The minimum Gasteiger partial charge on any atom is -0.508 e. The van der Waals surface area contributed by atoms with Gasteiger partial charge in [0.05, 0.1) is 5.57 Å². The van der Waals surface area contributed by atoms with Crippen molar-refractivity contribution in [2.75, 3.05) is 5.32 Å². The van der Waals surface area contributed by atoms with Crippen LogP contribution in [0.25, 0.3) is 11.4 Å². The second-order valence-corrected chi connectivity index (χ2v) is 6.68. The molecule has 2 aromatic carbocycles.